The molecule has 112 valence electrons. The number of hydrogen-bond acceptors (Lipinski definition) is 4. The number of carbonyl (C=O) groups excluding carboxylic acids is 1. The summed E-state index contributed by atoms with van der Waals surface area (Å²) >= 11 is 0. The maximum absolute atomic E-state index is 12.6. The Morgan fingerprint density at radius 2 is 2.10 bits per heavy atom. The zero-order valence-corrected chi connectivity index (χ0v) is 12.5. The van der Waals surface area contributed by atoms with Crippen molar-refractivity contribution in [1.29, 1.82) is 0 Å². The van der Waals surface area contributed by atoms with E-state index in [1.807, 2.05) is 38.2 Å². The molecule has 2 N–H and O–H groups in total. The van der Waals surface area contributed by atoms with Gasteiger partial charge in [-0.2, -0.15) is 0 Å². The van der Waals surface area contributed by atoms with Gasteiger partial charge in [0.15, 0.2) is 0 Å². The summed E-state index contributed by atoms with van der Waals surface area (Å²) in [6, 6.07) is 9.48. The van der Waals surface area contributed by atoms with Crippen molar-refractivity contribution in [3.63, 3.8) is 0 Å². The van der Waals surface area contributed by atoms with Crippen molar-refractivity contribution in [3.8, 4) is 0 Å². The van der Waals surface area contributed by atoms with Gasteiger partial charge in [0.2, 0.25) is 0 Å². The van der Waals surface area contributed by atoms with Crippen LogP contribution in [-0.2, 0) is 0 Å². The molecule has 1 amide bonds. The van der Waals surface area contributed by atoms with Crippen molar-refractivity contribution in [3.05, 3.63) is 36.0 Å². The monoisotopic (exact) mass is 287 g/mol. The molecule has 2 aromatic rings. The van der Waals surface area contributed by atoms with E-state index in [-0.39, 0.29) is 12.5 Å². The van der Waals surface area contributed by atoms with Crippen molar-refractivity contribution in [2.75, 3.05) is 32.1 Å². The topological polar surface area (TPSA) is 65.5 Å². The van der Waals surface area contributed by atoms with E-state index >= 15 is 0 Å². The van der Waals surface area contributed by atoms with Crippen molar-refractivity contribution in [1.82, 2.24) is 9.88 Å². The van der Waals surface area contributed by atoms with Gasteiger partial charge in [-0.3, -0.25) is 4.79 Å². The number of aliphatic hydroxyl groups excluding tert-OH is 1. The third kappa shape index (κ3) is 3.31. The fourth-order valence-electron chi connectivity index (χ4n) is 2.36. The first-order valence-corrected chi connectivity index (χ1v) is 7.19. The molecule has 1 heterocycles. The van der Waals surface area contributed by atoms with E-state index in [0.29, 0.717) is 18.8 Å². The van der Waals surface area contributed by atoms with Crippen LogP contribution in [0.3, 0.4) is 0 Å². The standard InChI is InChI=1S/C16H21N3O2/c1-3-8-19(9-10-20)16(21)15-11-14(17-2)12-6-4-5-7-13(12)18-15/h4-7,11,20H,3,8-10H2,1-2H3,(H,17,18). The maximum Gasteiger partial charge on any atom is 0.272 e. The summed E-state index contributed by atoms with van der Waals surface area (Å²) in [5.41, 5.74) is 2.07. The van der Waals surface area contributed by atoms with Gasteiger partial charge in [-0.1, -0.05) is 25.1 Å². The molecule has 0 spiro atoms. The number of pyridine rings is 1. The first-order valence-electron chi connectivity index (χ1n) is 7.19. The predicted molar refractivity (Wildman–Crippen MR) is 84.6 cm³/mol. The molecule has 0 saturated heterocycles. The highest BCUT2D eigenvalue weighted by Gasteiger charge is 2.17. The Bertz CT molecular complexity index is 622. The van der Waals surface area contributed by atoms with Gasteiger partial charge in [0.25, 0.3) is 5.91 Å². The van der Waals surface area contributed by atoms with Crippen LogP contribution in [0.1, 0.15) is 23.8 Å². The molecule has 5 heteroatoms. The van der Waals surface area contributed by atoms with Crippen LogP contribution in [0.5, 0.6) is 0 Å². The molecule has 0 atom stereocenters. The molecule has 0 aliphatic rings. The number of aromatic nitrogens is 1. The number of carbonyl (C=O) groups is 1. The molecular weight excluding hydrogens is 266 g/mol. The van der Waals surface area contributed by atoms with Gasteiger partial charge < -0.3 is 15.3 Å². The molecule has 0 saturated carbocycles. The Hall–Kier alpha value is -2.14. The minimum Gasteiger partial charge on any atom is -0.395 e. The molecule has 2 rings (SSSR count). The first kappa shape index (κ1) is 15.3. The predicted octanol–water partition coefficient (Wildman–Crippen LogP) is 2.12. The lowest BCUT2D eigenvalue weighted by Gasteiger charge is -2.21. The van der Waals surface area contributed by atoms with E-state index in [1.54, 1.807) is 11.0 Å². The summed E-state index contributed by atoms with van der Waals surface area (Å²) in [4.78, 5) is 18.7. The highest BCUT2D eigenvalue weighted by atomic mass is 16.3. The Morgan fingerprint density at radius 3 is 2.76 bits per heavy atom. The Kier molecular flexibility index (Phi) is 5.11. The lowest BCUT2D eigenvalue weighted by Crippen LogP contribution is -2.34. The van der Waals surface area contributed by atoms with Crippen molar-refractivity contribution in [2.45, 2.75) is 13.3 Å². The first-order chi connectivity index (χ1) is 10.2. The van der Waals surface area contributed by atoms with Gasteiger partial charge in [0.05, 0.1) is 12.1 Å². The van der Waals surface area contributed by atoms with E-state index in [4.69, 9.17) is 5.11 Å². The molecule has 1 aromatic carbocycles. The lowest BCUT2D eigenvalue weighted by molar-refractivity contribution is 0.0716. The third-order valence-electron chi connectivity index (χ3n) is 3.36. The van der Waals surface area contributed by atoms with Gasteiger partial charge in [0, 0.05) is 31.2 Å². The van der Waals surface area contributed by atoms with E-state index < -0.39 is 0 Å². The number of anilines is 1. The number of hydrogen-bond donors (Lipinski definition) is 2. The Morgan fingerprint density at radius 1 is 1.33 bits per heavy atom. The van der Waals surface area contributed by atoms with E-state index in [9.17, 15) is 4.79 Å². The fourth-order valence-corrected chi connectivity index (χ4v) is 2.36. The van der Waals surface area contributed by atoms with Crippen LogP contribution in [0.15, 0.2) is 30.3 Å². The van der Waals surface area contributed by atoms with Crippen LogP contribution in [0, 0.1) is 0 Å². The summed E-state index contributed by atoms with van der Waals surface area (Å²) in [5, 5.41) is 13.2. The van der Waals surface area contributed by atoms with Crippen LogP contribution in [0.25, 0.3) is 10.9 Å². The minimum absolute atomic E-state index is 0.0434. The molecule has 0 bridgehead atoms. The molecule has 0 fully saturated rings. The number of nitrogens with zero attached hydrogens (tertiary/aromatic N) is 2. The highest BCUT2D eigenvalue weighted by molar-refractivity contribution is 5.99. The summed E-state index contributed by atoms with van der Waals surface area (Å²) in [5.74, 6) is -0.145. The largest absolute Gasteiger partial charge is 0.395 e. The summed E-state index contributed by atoms with van der Waals surface area (Å²) in [7, 11) is 1.83. The van der Waals surface area contributed by atoms with E-state index in [0.717, 1.165) is 23.0 Å². The second-order valence-electron chi connectivity index (χ2n) is 4.84. The number of benzene rings is 1. The smallest absolute Gasteiger partial charge is 0.272 e. The molecule has 5 nitrogen and oxygen atoms in total. The molecule has 0 aliphatic carbocycles. The molecule has 0 aliphatic heterocycles. The average molecular weight is 287 g/mol. The molecule has 0 radical (unpaired) electrons. The van der Waals surface area contributed by atoms with Gasteiger partial charge in [-0.25, -0.2) is 4.98 Å². The summed E-state index contributed by atoms with van der Waals surface area (Å²) < 4.78 is 0. The number of para-hydroxylation sites is 1. The van der Waals surface area contributed by atoms with Gasteiger partial charge >= 0.3 is 0 Å². The second kappa shape index (κ2) is 7.04. The van der Waals surface area contributed by atoms with Crippen LogP contribution in [-0.4, -0.2) is 47.6 Å². The molecule has 21 heavy (non-hydrogen) atoms. The normalized spacial score (nSPS) is 10.6. The number of rotatable bonds is 6. The molecule has 1 aromatic heterocycles. The molecule has 0 unspecified atom stereocenters. The SMILES string of the molecule is CCCN(CCO)C(=O)c1cc(NC)c2ccccc2n1. The Labute approximate surface area is 124 Å². The van der Waals surface area contributed by atoms with E-state index in [2.05, 4.69) is 10.3 Å². The molecular formula is C16H21N3O2. The lowest BCUT2D eigenvalue weighted by atomic mass is 10.1. The zero-order valence-electron chi connectivity index (χ0n) is 12.5. The van der Waals surface area contributed by atoms with E-state index in [1.165, 1.54) is 0 Å². The van der Waals surface area contributed by atoms with Crippen LogP contribution in [0.4, 0.5) is 5.69 Å². The minimum atomic E-state index is -0.145. The Balaban J connectivity index is 2.43. The van der Waals surface area contributed by atoms with Gasteiger partial charge in [-0.05, 0) is 18.6 Å². The number of aliphatic hydroxyl groups is 1. The maximum atomic E-state index is 12.6. The van der Waals surface area contributed by atoms with Crippen molar-refractivity contribution < 1.29 is 9.90 Å². The number of amides is 1. The summed E-state index contributed by atoms with van der Waals surface area (Å²) in [6.07, 6.45) is 0.845. The summed E-state index contributed by atoms with van der Waals surface area (Å²) in [6.45, 7) is 2.90. The highest BCUT2D eigenvalue weighted by Crippen LogP contribution is 2.23. The number of fused-ring (bicyclic) bond motifs is 1. The number of nitrogens with one attached hydrogen (secondary N) is 1. The fraction of sp³-hybridized carbons (Fsp3) is 0.375. The van der Waals surface area contributed by atoms with Crippen molar-refractivity contribution in [2.24, 2.45) is 0 Å². The van der Waals surface area contributed by atoms with Gasteiger partial charge in [-0.15, -0.1) is 0 Å². The average Bonchev–Trinajstić information content (AvgIpc) is 2.52. The van der Waals surface area contributed by atoms with Gasteiger partial charge in [0.1, 0.15) is 5.69 Å². The third-order valence-corrected chi connectivity index (χ3v) is 3.36. The zero-order chi connectivity index (χ0) is 15.2. The van der Waals surface area contributed by atoms with Crippen molar-refractivity contribution >= 4 is 22.5 Å². The van der Waals surface area contributed by atoms with Crippen LogP contribution in [0.2, 0.25) is 0 Å². The van der Waals surface area contributed by atoms with Crippen LogP contribution < -0.4 is 5.32 Å². The van der Waals surface area contributed by atoms with Crippen LogP contribution >= 0.6 is 0 Å². The quantitative estimate of drug-likeness (QED) is 0.854. The second-order valence-corrected chi connectivity index (χ2v) is 4.84.